The van der Waals surface area contributed by atoms with Gasteiger partial charge in [0.05, 0.1) is 17.1 Å². The van der Waals surface area contributed by atoms with Crippen molar-refractivity contribution >= 4 is 29.4 Å². The van der Waals surface area contributed by atoms with Crippen molar-refractivity contribution in [1.82, 2.24) is 10.3 Å². The van der Waals surface area contributed by atoms with Crippen LogP contribution in [0.4, 0.5) is 11.4 Å². The van der Waals surface area contributed by atoms with E-state index in [4.69, 9.17) is 0 Å². The van der Waals surface area contributed by atoms with E-state index < -0.39 is 4.92 Å². The van der Waals surface area contributed by atoms with Crippen LogP contribution in [0.5, 0.6) is 5.75 Å². The Hall–Kier alpha value is -3.95. The predicted molar refractivity (Wildman–Crippen MR) is 138 cm³/mol. The first-order chi connectivity index (χ1) is 17.3. The lowest BCUT2D eigenvalue weighted by molar-refractivity contribution is -0.384. The molecule has 0 aliphatic carbocycles. The lowest BCUT2D eigenvalue weighted by atomic mass is 9.95. The topological polar surface area (TPSA) is 128 Å². The number of non-ortho nitro benzene ring substituents is 1. The van der Waals surface area contributed by atoms with Gasteiger partial charge in [-0.2, -0.15) is 5.10 Å². The fourth-order valence-corrected chi connectivity index (χ4v) is 4.44. The Labute approximate surface area is 210 Å². The fourth-order valence-electron chi connectivity index (χ4n) is 4.44. The number of nitro benzene ring substituents is 1. The average Bonchev–Trinajstić information content (AvgIpc) is 2.89. The molecule has 2 amide bonds. The number of carbonyl (C=O) groups excluding carboxylic acids is 2. The van der Waals surface area contributed by atoms with Crippen LogP contribution in [0.25, 0.3) is 0 Å². The number of hydrazone groups is 1. The lowest BCUT2D eigenvalue weighted by Crippen LogP contribution is -2.45. The Kier molecular flexibility index (Phi) is 9.38. The number of hydrogen-bond acceptors (Lipinski definition) is 7. The highest BCUT2D eigenvalue weighted by molar-refractivity contribution is 5.90. The van der Waals surface area contributed by atoms with Crippen molar-refractivity contribution in [3.05, 3.63) is 63.7 Å². The molecule has 0 saturated carbocycles. The van der Waals surface area contributed by atoms with Gasteiger partial charge in [0.25, 0.3) is 5.69 Å². The number of nitrogens with one attached hydrogen (secondary N) is 1. The van der Waals surface area contributed by atoms with Gasteiger partial charge in [0, 0.05) is 56.0 Å². The van der Waals surface area contributed by atoms with E-state index in [1.807, 2.05) is 18.7 Å². The molecule has 0 spiro atoms. The lowest BCUT2D eigenvalue weighted by Gasteiger charge is -2.36. The quantitative estimate of drug-likeness (QED) is 0.295. The Morgan fingerprint density at radius 3 is 2.69 bits per heavy atom. The van der Waals surface area contributed by atoms with Crippen LogP contribution in [0.1, 0.15) is 44.2 Å². The van der Waals surface area contributed by atoms with E-state index in [1.165, 1.54) is 18.3 Å². The average molecular weight is 496 g/mol. The molecule has 1 aliphatic rings. The van der Waals surface area contributed by atoms with Crippen LogP contribution in [0, 0.1) is 16.0 Å². The van der Waals surface area contributed by atoms with Crippen molar-refractivity contribution in [2.45, 2.75) is 39.5 Å². The first kappa shape index (κ1) is 26.7. The molecule has 1 saturated heterocycles. The molecular formula is C26H33N5O5. The van der Waals surface area contributed by atoms with E-state index >= 15 is 0 Å². The van der Waals surface area contributed by atoms with Crippen molar-refractivity contribution in [1.29, 1.82) is 0 Å². The van der Waals surface area contributed by atoms with E-state index in [9.17, 15) is 24.8 Å². The molecule has 192 valence electrons. The summed E-state index contributed by atoms with van der Waals surface area (Å²) in [5, 5.41) is 25.2. The first-order valence-electron chi connectivity index (χ1n) is 12.2. The molecule has 2 N–H and O–H groups in total. The van der Waals surface area contributed by atoms with E-state index in [2.05, 4.69) is 15.4 Å². The van der Waals surface area contributed by atoms with Crippen LogP contribution < -0.4 is 10.3 Å². The van der Waals surface area contributed by atoms with Crippen LogP contribution in [0.3, 0.4) is 0 Å². The molecular weight excluding hydrogens is 462 g/mol. The van der Waals surface area contributed by atoms with Crippen molar-refractivity contribution in [3.8, 4) is 5.75 Å². The van der Waals surface area contributed by atoms with E-state index in [-0.39, 0.29) is 35.6 Å². The van der Waals surface area contributed by atoms with Crippen LogP contribution in [-0.2, 0) is 16.0 Å². The van der Waals surface area contributed by atoms with Crippen LogP contribution in [-0.4, -0.2) is 59.1 Å². The second-order valence-corrected chi connectivity index (χ2v) is 8.72. The minimum Gasteiger partial charge on any atom is -0.508 e. The first-order valence-corrected chi connectivity index (χ1v) is 12.2. The summed E-state index contributed by atoms with van der Waals surface area (Å²) in [5.41, 5.74) is 4.25. The Morgan fingerprint density at radius 2 is 2.00 bits per heavy atom. The maximum atomic E-state index is 12.9. The SMILES string of the molecule is CCN(CC)C(=O)C1CCCN(c2ccc([N+](=O)[O-])cc2/C=N/NC(=O)CCc2ccccc2O)C1. The molecule has 3 rings (SSSR count). The number of phenolic OH excluding ortho intramolecular Hbond substituents is 1. The second kappa shape index (κ2) is 12.7. The molecule has 36 heavy (non-hydrogen) atoms. The number of nitrogens with zero attached hydrogens (tertiary/aromatic N) is 4. The summed E-state index contributed by atoms with van der Waals surface area (Å²) in [7, 11) is 0. The number of amides is 2. The van der Waals surface area contributed by atoms with Gasteiger partial charge in [0.15, 0.2) is 0 Å². The number of phenols is 1. The van der Waals surface area contributed by atoms with Crippen LogP contribution in [0.15, 0.2) is 47.6 Å². The van der Waals surface area contributed by atoms with Gasteiger partial charge in [-0.3, -0.25) is 19.7 Å². The van der Waals surface area contributed by atoms with Crippen LogP contribution in [0.2, 0.25) is 0 Å². The third kappa shape index (κ3) is 6.80. The van der Waals surface area contributed by atoms with Crippen molar-refractivity contribution < 1.29 is 19.6 Å². The number of rotatable bonds is 10. The maximum absolute atomic E-state index is 12.9. The molecule has 10 nitrogen and oxygen atoms in total. The largest absolute Gasteiger partial charge is 0.508 e. The zero-order valence-electron chi connectivity index (χ0n) is 20.7. The standard InChI is InChI=1S/C26H33N5O5/c1-3-29(4-2)26(34)20-9-7-15-30(18-20)23-13-12-22(31(35)36)16-21(23)17-27-28-25(33)14-11-19-8-5-6-10-24(19)32/h5-6,8,10,12-13,16-17,20,32H,3-4,7,9,11,14-15,18H2,1-2H3,(H,28,33)/b27-17+. The minimum atomic E-state index is -0.477. The molecule has 0 aromatic heterocycles. The Balaban J connectivity index is 1.72. The van der Waals surface area contributed by atoms with Crippen molar-refractivity contribution in [2.75, 3.05) is 31.1 Å². The van der Waals surface area contributed by atoms with E-state index in [1.54, 1.807) is 30.3 Å². The summed E-state index contributed by atoms with van der Waals surface area (Å²) in [6.07, 6.45) is 3.50. The maximum Gasteiger partial charge on any atom is 0.270 e. The summed E-state index contributed by atoms with van der Waals surface area (Å²) in [4.78, 5) is 39.9. The van der Waals surface area contributed by atoms with Gasteiger partial charge in [-0.05, 0) is 50.8 Å². The zero-order valence-corrected chi connectivity index (χ0v) is 20.7. The van der Waals surface area contributed by atoms with Crippen molar-refractivity contribution in [3.63, 3.8) is 0 Å². The number of nitro groups is 1. The number of piperidine rings is 1. The van der Waals surface area contributed by atoms with Gasteiger partial charge in [0.2, 0.25) is 11.8 Å². The highest BCUT2D eigenvalue weighted by Crippen LogP contribution is 2.29. The third-order valence-electron chi connectivity index (χ3n) is 6.41. The predicted octanol–water partition coefficient (Wildman–Crippen LogP) is 3.47. The number of carbonyl (C=O) groups is 2. The van der Waals surface area contributed by atoms with Crippen molar-refractivity contribution in [2.24, 2.45) is 11.0 Å². The number of aryl methyl sites for hydroxylation is 1. The number of para-hydroxylation sites is 1. The molecule has 1 heterocycles. The monoisotopic (exact) mass is 495 g/mol. The Bertz CT molecular complexity index is 1120. The summed E-state index contributed by atoms with van der Waals surface area (Å²) in [6.45, 7) is 6.47. The number of benzene rings is 2. The molecule has 2 aromatic carbocycles. The fraction of sp³-hybridized carbons (Fsp3) is 0.423. The molecule has 1 fully saturated rings. The van der Waals surface area contributed by atoms with Crippen LogP contribution >= 0.6 is 0 Å². The van der Waals surface area contributed by atoms with Gasteiger partial charge >= 0.3 is 0 Å². The molecule has 2 aromatic rings. The summed E-state index contributed by atoms with van der Waals surface area (Å²) in [5.74, 6) is -0.232. The third-order valence-corrected chi connectivity index (χ3v) is 6.41. The molecule has 0 bridgehead atoms. The van der Waals surface area contributed by atoms with Gasteiger partial charge < -0.3 is 14.9 Å². The molecule has 1 atom stereocenters. The molecule has 1 aliphatic heterocycles. The van der Waals surface area contributed by atoms with Gasteiger partial charge in [-0.1, -0.05) is 18.2 Å². The summed E-state index contributed by atoms with van der Waals surface area (Å²) in [6, 6.07) is 11.3. The summed E-state index contributed by atoms with van der Waals surface area (Å²) >= 11 is 0. The van der Waals surface area contributed by atoms with Gasteiger partial charge in [-0.25, -0.2) is 5.43 Å². The van der Waals surface area contributed by atoms with Gasteiger partial charge in [0.1, 0.15) is 5.75 Å². The number of aromatic hydroxyl groups is 1. The highest BCUT2D eigenvalue weighted by atomic mass is 16.6. The molecule has 10 heteroatoms. The second-order valence-electron chi connectivity index (χ2n) is 8.72. The van der Waals surface area contributed by atoms with E-state index in [0.29, 0.717) is 43.7 Å². The number of anilines is 1. The zero-order chi connectivity index (χ0) is 26.1. The smallest absolute Gasteiger partial charge is 0.270 e. The normalized spacial score (nSPS) is 15.6. The summed E-state index contributed by atoms with van der Waals surface area (Å²) < 4.78 is 0. The number of hydrogen-bond donors (Lipinski definition) is 2. The molecule has 1 unspecified atom stereocenters. The van der Waals surface area contributed by atoms with E-state index in [0.717, 1.165) is 18.5 Å². The minimum absolute atomic E-state index is 0.0844. The Morgan fingerprint density at radius 1 is 1.25 bits per heavy atom. The van der Waals surface area contributed by atoms with Gasteiger partial charge in [-0.15, -0.1) is 0 Å². The highest BCUT2D eigenvalue weighted by Gasteiger charge is 2.29. The molecule has 0 radical (unpaired) electrons.